The number of nitrogens with one attached hydrogen (secondary N) is 1. The number of halogens is 1. The van der Waals surface area contributed by atoms with Gasteiger partial charge in [-0.2, -0.15) is 0 Å². The maximum atomic E-state index is 13.4. The van der Waals surface area contributed by atoms with E-state index < -0.39 is 0 Å². The summed E-state index contributed by atoms with van der Waals surface area (Å²) < 4.78 is 18.3. The summed E-state index contributed by atoms with van der Waals surface area (Å²) in [6.07, 6.45) is 5.75. The van der Waals surface area contributed by atoms with Crippen LogP contribution < -0.4 is 10.1 Å². The molecule has 0 aromatic heterocycles. The highest BCUT2D eigenvalue weighted by molar-refractivity contribution is 5.28. The van der Waals surface area contributed by atoms with E-state index in [4.69, 9.17) is 11.2 Å². The van der Waals surface area contributed by atoms with Gasteiger partial charge < -0.3 is 10.1 Å². The quantitative estimate of drug-likeness (QED) is 0.588. The third-order valence-corrected chi connectivity index (χ3v) is 2.02. The normalized spacial score (nSPS) is 9.67. The van der Waals surface area contributed by atoms with Gasteiger partial charge in [0, 0.05) is 31.1 Å². The fourth-order valence-electron chi connectivity index (χ4n) is 1.18. The van der Waals surface area contributed by atoms with E-state index in [0.717, 1.165) is 0 Å². The molecule has 0 unspecified atom stereocenters. The maximum Gasteiger partial charge on any atom is 0.131 e. The Morgan fingerprint density at radius 2 is 2.33 bits per heavy atom. The largest absolute Gasteiger partial charge is 0.497 e. The number of terminal acetylenes is 1. The highest BCUT2D eigenvalue weighted by atomic mass is 19.1. The lowest BCUT2D eigenvalue weighted by atomic mass is 10.2. The van der Waals surface area contributed by atoms with Crippen LogP contribution in [0.1, 0.15) is 12.0 Å². The zero-order valence-electron chi connectivity index (χ0n) is 8.72. The molecule has 0 amide bonds. The summed E-state index contributed by atoms with van der Waals surface area (Å²) in [6, 6.07) is 4.82. The molecular formula is C12H14FNO. The summed E-state index contributed by atoms with van der Waals surface area (Å²) in [6.45, 7) is 1.18. The van der Waals surface area contributed by atoms with Crippen LogP contribution in [0.15, 0.2) is 18.2 Å². The zero-order chi connectivity index (χ0) is 11.1. The number of ether oxygens (including phenoxy) is 1. The Bertz CT molecular complexity index is 357. The van der Waals surface area contributed by atoms with E-state index in [2.05, 4.69) is 11.2 Å². The topological polar surface area (TPSA) is 21.3 Å². The first-order chi connectivity index (χ1) is 7.27. The van der Waals surface area contributed by atoms with Crippen LogP contribution in [-0.2, 0) is 6.54 Å². The van der Waals surface area contributed by atoms with E-state index >= 15 is 0 Å². The molecule has 0 saturated heterocycles. The molecule has 0 spiro atoms. The minimum atomic E-state index is -0.262. The molecule has 0 fully saturated rings. The highest BCUT2D eigenvalue weighted by Gasteiger charge is 2.02. The number of hydrogen-bond donors (Lipinski definition) is 1. The van der Waals surface area contributed by atoms with Gasteiger partial charge in [-0.15, -0.1) is 12.3 Å². The van der Waals surface area contributed by atoms with Crippen LogP contribution in [0.3, 0.4) is 0 Å². The SMILES string of the molecule is C#CCCNCc1ccc(OC)cc1F. The van der Waals surface area contributed by atoms with Crippen LogP contribution in [0.4, 0.5) is 4.39 Å². The van der Waals surface area contributed by atoms with Gasteiger partial charge in [0.1, 0.15) is 11.6 Å². The van der Waals surface area contributed by atoms with E-state index in [0.29, 0.717) is 30.8 Å². The molecule has 0 radical (unpaired) electrons. The van der Waals surface area contributed by atoms with E-state index in [-0.39, 0.29) is 5.82 Å². The summed E-state index contributed by atoms with van der Waals surface area (Å²) in [5, 5.41) is 3.06. The van der Waals surface area contributed by atoms with Crippen LogP contribution in [-0.4, -0.2) is 13.7 Å². The first kappa shape index (κ1) is 11.5. The molecule has 15 heavy (non-hydrogen) atoms. The summed E-state index contributed by atoms with van der Waals surface area (Å²) in [5.74, 6) is 2.78. The predicted molar refractivity (Wildman–Crippen MR) is 58.1 cm³/mol. The van der Waals surface area contributed by atoms with E-state index in [9.17, 15) is 4.39 Å². The van der Waals surface area contributed by atoms with Crippen molar-refractivity contribution in [2.75, 3.05) is 13.7 Å². The minimum Gasteiger partial charge on any atom is -0.497 e. The first-order valence-electron chi connectivity index (χ1n) is 4.74. The minimum absolute atomic E-state index is 0.262. The molecule has 0 bridgehead atoms. The Labute approximate surface area is 89.4 Å². The second-order valence-electron chi connectivity index (χ2n) is 3.09. The van der Waals surface area contributed by atoms with Crippen molar-refractivity contribution in [1.29, 1.82) is 0 Å². The Morgan fingerprint density at radius 3 is 2.93 bits per heavy atom. The Balaban J connectivity index is 2.51. The van der Waals surface area contributed by atoms with Crippen molar-refractivity contribution in [3.05, 3.63) is 29.6 Å². The molecule has 0 aliphatic carbocycles. The van der Waals surface area contributed by atoms with Gasteiger partial charge in [0.15, 0.2) is 0 Å². The summed E-state index contributed by atoms with van der Waals surface area (Å²) >= 11 is 0. The van der Waals surface area contributed by atoms with Gasteiger partial charge in [0.05, 0.1) is 7.11 Å². The summed E-state index contributed by atoms with van der Waals surface area (Å²) in [4.78, 5) is 0. The van der Waals surface area contributed by atoms with Gasteiger partial charge in [0.25, 0.3) is 0 Å². The summed E-state index contributed by atoms with van der Waals surface area (Å²) in [7, 11) is 1.51. The average molecular weight is 207 g/mol. The maximum absolute atomic E-state index is 13.4. The van der Waals surface area contributed by atoms with Gasteiger partial charge in [0.2, 0.25) is 0 Å². The molecule has 0 aliphatic rings. The van der Waals surface area contributed by atoms with Crippen molar-refractivity contribution in [3.63, 3.8) is 0 Å². The van der Waals surface area contributed by atoms with Crippen LogP contribution >= 0.6 is 0 Å². The monoisotopic (exact) mass is 207 g/mol. The number of rotatable bonds is 5. The lowest BCUT2D eigenvalue weighted by molar-refractivity contribution is 0.410. The van der Waals surface area contributed by atoms with Crippen molar-refractivity contribution < 1.29 is 9.13 Å². The number of methoxy groups -OCH3 is 1. The molecule has 2 nitrogen and oxygen atoms in total. The average Bonchev–Trinajstić information content (AvgIpc) is 2.26. The van der Waals surface area contributed by atoms with Gasteiger partial charge in [-0.25, -0.2) is 4.39 Å². The Morgan fingerprint density at radius 1 is 1.53 bits per heavy atom. The zero-order valence-corrected chi connectivity index (χ0v) is 8.72. The Kier molecular flexibility index (Phi) is 4.65. The lowest BCUT2D eigenvalue weighted by Crippen LogP contribution is -2.15. The molecule has 1 N–H and O–H groups in total. The first-order valence-corrected chi connectivity index (χ1v) is 4.74. The van der Waals surface area contributed by atoms with Crippen LogP contribution in [0.2, 0.25) is 0 Å². The fraction of sp³-hybridized carbons (Fsp3) is 0.333. The molecule has 0 aliphatic heterocycles. The molecule has 1 aromatic rings. The van der Waals surface area contributed by atoms with Crippen molar-refractivity contribution in [2.45, 2.75) is 13.0 Å². The van der Waals surface area contributed by atoms with Crippen LogP contribution in [0.25, 0.3) is 0 Å². The third-order valence-electron chi connectivity index (χ3n) is 2.02. The highest BCUT2D eigenvalue weighted by Crippen LogP contribution is 2.15. The van der Waals surface area contributed by atoms with Crippen molar-refractivity contribution in [3.8, 4) is 18.1 Å². The van der Waals surface area contributed by atoms with Gasteiger partial charge >= 0.3 is 0 Å². The van der Waals surface area contributed by atoms with Crippen LogP contribution in [0, 0.1) is 18.2 Å². The lowest BCUT2D eigenvalue weighted by Gasteiger charge is -2.06. The molecular weight excluding hydrogens is 193 g/mol. The van der Waals surface area contributed by atoms with Crippen molar-refractivity contribution in [1.82, 2.24) is 5.32 Å². The third kappa shape index (κ3) is 3.61. The van der Waals surface area contributed by atoms with Gasteiger partial charge in [-0.05, 0) is 6.07 Å². The fourth-order valence-corrected chi connectivity index (χ4v) is 1.18. The number of hydrogen-bond acceptors (Lipinski definition) is 2. The van der Waals surface area contributed by atoms with Gasteiger partial charge in [-0.1, -0.05) is 6.07 Å². The second kappa shape index (κ2) is 6.05. The van der Waals surface area contributed by atoms with E-state index in [1.807, 2.05) is 0 Å². The summed E-state index contributed by atoms with van der Waals surface area (Å²) in [5.41, 5.74) is 0.618. The molecule has 80 valence electrons. The van der Waals surface area contributed by atoms with E-state index in [1.54, 1.807) is 12.1 Å². The van der Waals surface area contributed by atoms with E-state index in [1.165, 1.54) is 13.2 Å². The molecule has 1 aromatic carbocycles. The van der Waals surface area contributed by atoms with Gasteiger partial charge in [-0.3, -0.25) is 0 Å². The van der Waals surface area contributed by atoms with Crippen molar-refractivity contribution in [2.24, 2.45) is 0 Å². The molecule has 1 rings (SSSR count). The molecule has 0 saturated carbocycles. The second-order valence-corrected chi connectivity index (χ2v) is 3.09. The standard InChI is InChI=1S/C12H14FNO/c1-3-4-7-14-9-10-5-6-11(15-2)8-12(10)13/h1,5-6,8,14H,4,7,9H2,2H3. The molecule has 0 heterocycles. The van der Waals surface area contributed by atoms with Crippen LogP contribution in [0.5, 0.6) is 5.75 Å². The smallest absolute Gasteiger partial charge is 0.131 e. The van der Waals surface area contributed by atoms with Crippen molar-refractivity contribution >= 4 is 0 Å². The Hall–Kier alpha value is -1.53. The predicted octanol–water partition coefficient (Wildman–Crippen LogP) is 1.95. The molecule has 0 atom stereocenters. The molecule has 3 heteroatoms. The number of benzene rings is 1.